The van der Waals surface area contributed by atoms with Gasteiger partial charge in [-0.2, -0.15) is 0 Å². The van der Waals surface area contributed by atoms with Crippen LogP contribution >= 0.6 is 11.6 Å². The van der Waals surface area contributed by atoms with Crippen LogP contribution in [0.5, 0.6) is 0 Å². The lowest BCUT2D eigenvalue weighted by atomic mass is 10.1. The summed E-state index contributed by atoms with van der Waals surface area (Å²) < 4.78 is 0. The highest BCUT2D eigenvalue weighted by Crippen LogP contribution is 2.31. The lowest BCUT2D eigenvalue weighted by Crippen LogP contribution is -2.48. The highest BCUT2D eigenvalue weighted by atomic mass is 35.5. The third-order valence-corrected chi connectivity index (χ3v) is 6.51. The highest BCUT2D eigenvalue weighted by molar-refractivity contribution is 6.30. The molecule has 1 N–H and O–H groups in total. The first-order chi connectivity index (χ1) is 14.0. The number of carbonyl (C=O) groups excluding carboxylic acids is 1. The molecule has 154 valence electrons. The predicted octanol–water partition coefficient (Wildman–Crippen LogP) is 5.04. The number of nitrogens with zero attached hydrogens (tertiary/aromatic N) is 2. The predicted molar refractivity (Wildman–Crippen MR) is 120 cm³/mol. The normalized spacial score (nSPS) is 22.7. The Morgan fingerprint density at radius 2 is 1.76 bits per heavy atom. The van der Waals surface area contributed by atoms with Crippen LogP contribution in [0.2, 0.25) is 5.02 Å². The number of hydrogen-bond acceptors (Lipinski definition) is 3. The molecule has 2 atom stereocenters. The fourth-order valence-corrected chi connectivity index (χ4v) is 5.09. The second-order valence-electron chi connectivity index (χ2n) is 8.49. The minimum absolute atomic E-state index is 0.0721. The largest absolute Gasteiger partial charge is 0.385 e. The summed E-state index contributed by atoms with van der Waals surface area (Å²) in [5, 5.41) is 4.28. The Bertz CT molecular complexity index is 851. The average Bonchev–Trinajstić information content (AvgIpc) is 3.09. The molecule has 1 amide bonds. The van der Waals surface area contributed by atoms with Crippen molar-refractivity contribution in [1.82, 2.24) is 9.80 Å². The second-order valence-corrected chi connectivity index (χ2v) is 8.93. The van der Waals surface area contributed by atoms with Crippen molar-refractivity contribution in [1.29, 1.82) is 0 Å². The van der Waals surface area contributed by atoms with Gasteiger partial charge in [-0.05, 0) is 69.0 Å². The number of hydrogen-bond donors (Lipinski definition) is 1. The van der Waals surface area contributed by atoms with Crippen LogP contribution in [0.3, 0.4) is 0 Å². The molecular formula is C24H30ClN3O. The molecule has 1 fully saturated rings. The maximum atomic E-state index is 13.5. The zero-order valence-corrected chi connectivity index (χ0v) is 18.0. The van der Waals surface area contributed by atoms with Gasteiger partial charge in [0, 0.05) is 54.0 Å². The van der Waals surface area contributed by atoms with E-state index in [1.54, 1.807) is 12.1 Å². The first-order valence-electron chi connectivity index (χ1n) is 10.7. The quantitative estimate of drug-likeness (QED) is 0.751. The third kappa shape index (κ3) is 4.44. The van der Waals surface area contributed by atoms with Crippen molar-refractivity contribution in [3.63, 3.8) is 0 Å². The Labute approximate surface area is 178 Å². The van der Waals surface area contributed by atoms with Gasteiger partial charge < -0.3 is 10.2 Å². The molecule has 5 heteroatoms. The zero-order chi connectivity index (χ0) is 20.4. The molecule has 4 nitrogen and oxygen atoms in total. The minimum Gasteiger partial charge on any atom is -0.385 e. The molecule has 2 aromatic rings. The topological polar surface area (TPSA) is 35.6 Å². The molecule has 0 radical (unpaired) electrons. The molecule has 0 aliphatic carbocycles. The summed E-state index contributed by atoms with van der Waals surface area (Å²) >= 11 is 6.04. The van der Waals surface area contributed by atoms with Gasteiger partial charge in [0.15, 0.2) is 0 Å². The molecule has 0 unspecified atom stereocenters. The van der Waals surface area contributed by atoms with Gasteiger partial charge in [-0.25, -0.2) is 0 Å². The first-order valence-corrected chi connectivity index (χ1v) is 11.0. The van der Waals surface area contributed by atoms with Gasteiger partial charge in [0.1, 0.15) is 0 Å². The summed E-state index contributed by atoms with van der Waals surface area (Å²) in [7, 11) is 0. The standard InChI is InChI=1S/C24H30ClN3O/c1-17(2)28-21-11-12-22(28)16-27(24(29)18-7-9-20(25)10-8-18)15-19-5-3-4-6-23(19)26-14-13-21/h3-10,17,21-22,26H,11-16H2,1-2H3/t21-,22+/m1/s1. The molecule has 2 heterocycles. The Kier molecular flexibility index (Phi) is 6.12. The monoisotopic (exact) mass is 411 g/mol. The Morgan fingerprint density at radius 1 is 1.03 bits per heavy atom. The summed E-state index contributed by atoms with van der Waals surface area (Å²) in [6.07, 6.45) is 3.48. The zero-order valence-electron chi connectivity index (χ0n) is 17.3. The molecule has 0 saturated carbocycles. The lowest BCUT2D eigenvalue weighted by molar-refractivity contribution is 0.0634. The summed E-state index contributed by atoms with van der Waals surface area (Å²) in [6.45, 7) is 6.88. The van der Waals surface area contributed by atoms with E-state index in [1.807, 2.05) is 17.0 Å². The van der Waals surface area contributed by atoms with Crippen LogP contribution in [-0.2, 0) is 6.54 Å². The van der Waals surface area contributed by atoms with Crippen LogP contribution < -0.4 is 5.32 Å². The SMILES string of the molecule is CC(C)N1[C@H]2CCNc3ccccc3CN(C(=O)c3ccc(Cl)cc3)C[C@@H]1CC2. The van der Waals surface area contributed by atoms with E-state index in [-0.39, 0.29) is 5.91 Å². The number of para-hydroxylation sites is 1. The average molecular weight is 412 g/mol. The van der Waals surface area contributed by atoms with Gasteiger partial charge in [-0.15, -0.1) is 0 Å². The van der Waals surface area contributed by atoms with Crippen LogP contribution in [0.25, 0.3) is 0 Å². The molecule has 0 aromatic heterocycles. The molecule has 4 rings (SSSR count). The molecule has 2 aromatic carbocycles. The molecular weight excluding hydrogens is 382 g/mol. The van der Waals surface area contributed by atoms with Crippen molar-refractivity contribution in [2.24, 2.45) is 0 Å². The van der Waals surface area contributed by atoms with Crippen LogP contribution in [-0.4, -0.2) is 46.9 Å². The van der Waals surface area contributed by atoms with Gasteiger partial charge in [-0.1, -0.05) is 29.8 Å². The number of rotatable bonds is 2. The summed E-state index contributed by atoms with van der Waals surface area (Å²) in [4.78, 5) is 18.1. The highest BCUT2D eigenvalue weighted by Gasteiger charge is 2.37. The maximum Gasteiger partial charge on any atom is 0.254 e. The van der Waals surface area contributed by atoms with E-state index in [2.05, 4.69) is 48.3 Å². The summed E-state index contributed by atoms with van der Waals surface area (Å²) in [6, 6.07) is 17.1. The van der Waals surface area contributed by atoms with E-state index in [1.165, 1.54) is 12.0 Å². The van der Waals surface area contributed by atoms with Crippen molar-refractivity contribution in [2.45, 2.75) is 57.8 Å². The number of anilines is 1. The van der Waals surface area contributed by atoms with E-state index in [0.717, 1.165) is 31.6 Å². The van der Waals surface area contributed by atoms with E-state index in [9.17, 15) is 4.79 Å². The molecule has 2 bridgehead atoms. The van der Waals surface area contributed by atoms with Crippen molar-refractivity contribution < 1.29 is 4.79 Å². The smallest absolute Gasteiger partial charge is 0.254 e. The van der Waals surface area contributed by atoms with Gasteiger partial charge in [0.25, 0.3) is 5.91 Å². The number of halogens is 1. The van der Waals surface area contributed by atoms with Crippen LogP contribution in [0.15, 0.2) is 48.5 Å². The fraction of sp³-hybridized carbons (Fsp3) is 0.458. The Morgan fingerprint density at radius 3 is 2.52 bits per heavy atom. The van der Waals surface area contributed by atoms with Crippen LogP contribution in [0.4, 0.5) is 5.69 Å². The number of benzene rings is 2. The van der Waals surface area contributed by atoms with E-state index < -0.39 is 0 Å². The van der Waals surface area contributed by atoms with E-state index >= 15 is 0 Å². The van der Waals surface area contributed by atoms with Gasteiger partial charge in [0.05, 0.1) is 0 Å². The van der Waals surface area contributed by atoms with Gasteiger partial charge >= 0.3 is 0 Å². The fourth-order valence-electron chi connectivity index (χ4n) is 4.96. The Balaban J connectivity index is 1.68. The maximum absolute atomic E-state index is 13.5. The minimum atomic E-state index is 0.0721. The molecule has 29 heavy (non-hydrogen) atoms. The lowest BCUT2D eigenvalue weighted by Gasteiger charge is -2.36. The summed E-state index contributed by atoms with van der Waals surface area (Å²) in [5.41, 5.74) is 3.00. The number of amides is 1. The third-order valence-electron chi connectivity index (χ3n) is 6.25. The van der Waals surface area contributed by atoms with Crippen LogP contribution in [0.1, 0.15) is 49.0 Å². The van der Waals surface area contributed by atoms with Crippen molar-refractivity contribution in [3.05, 3.63) is 64.7 Å². The van der Waals surface area contributed by atoms with E-state index in [4.69, 9.17) is 11.6 Å². The summed E-state index contributed by atoms with van der Waals surface area (Å²) in [5.74, 6) is 0.0721. The van der Waals surface area contributed by atoms with Crippen molar-refractivity contribution >= 4 is 23.2 Å². The molecule has 2 aliphatic heterocycles. The molecule has 2 aliphatic rings. The Hall–Kier alpha value is -2.04. The van der Waals surface area contributed by atoms with Crippen LogP contribution in [0, 0.1) is 0 Å². The van der Waals surface area contributed by atoms with Gasteiger partial charge in [-0.3, -0.25) is 9.69 Å². The van der Waals surface area contributed by atoms with E-state index in [0.29, 0.717) is 35.3 Å². The van der Waals surface area contributed by atoms with Gasteiger partial charge in [0.2, 0.25) is 0 Å². The number of fused-ring (bicyclic) bond motifs is 3. The second kappa shape index (κ2) is 8.76. The van der Waals surface area contributed by atoms with Crippen molar-refractivity contribution in [3.8, 4) is 0 Å². The van der Waals surface area contributed by atoms with Crippen molar-refractivity contribution in [2.75, 3.05) is 18.4 Å². The molecule has 0 spiro atoms. The first kappa shape index (κ1) is 20.2. The number of carbonyl (C=O) groups is 1. The molecule has 1 saturated heterocycles. The number of nitrogens with one attached hydrogen (secondary N) is 1.